The minimum Gasteiger partial charge on any atom is -0.279 e. The summed E-state index contributed by atoms with van der Waals surface area (Å²) in [7, 11) is 1.71. The van der Waals surface area contributed by atoms with E-state index in [0.29, 0.717) is 11.2 Å². The number of hydrogen-bond donors (Lipinski definition) is 0. The minimum atomic E-state index is -0.0776. The van der Waals surface area contributed by atoms with Gasteiger partial charge in [-0.1, -0.05) is 53.7 Å². The maximum atomic E-state index is 12.5. The van der Waals surface area contributed by atoms with Crippen LogP contribution in [0.2, 0.25) is 5.02 Å². The lowest BCUT2D eigenvalue weighted by molar-refractivity contribution is 0.853. The van der Waals surface area contributed by atoms with Gasteiger partial charge < -0.3 is 0 Å². The Morgan fingerprint density at radius 3 is 2.60 bits per heavy atom. The second-order valence-corrected chi connectivity index (χ2v) is 7.50. The zero-order valence-electron chi connectivity index (χ0n) is 13.7. The standard InChI is InChI=1S/C18H15ClN4OS/c1-11(12-7-3-5-9-14(12)19)25-18-21-20-17-22(2)16(24)13-8-4-6-10-15(13)23(17)18/h3-11H,1-2H3. The third-order valence-electron chi connectivity index (χ3n) is 4.22. The number of halogens is 1. The van der Waals surface area contributed by atoms with Crippen LogP contribution in [0, 0.1) is 0 Å². The van der Waals surface area contributed by atoms with E-state index in [1.165, 1.54) is 4.57 Å². The van der Waals surface area contributed by atoms with E-state index in [1.807, 2.05) is 52.9 Å². The molecule has 7 heteroatoms. The first-order valence-corrected chi connectivity index (χ1v) is 9.07. The van der Waals surface area contributed by atoms with Crippen molar-refractivity contribution >= 4 is 40.0 Å². The highest BCUT2D eigenvalue weighted by Gasteiger charge is 2.18. The highest BCUT2D eigenvalue weighted by molar-refractivity contribution is 7.99. The highest BCUT2D eigenvalue weighted by atomic mass is 35.5. The number of hydrogen-bond acceptors (Lipinski definition) is 4. The Labute approximate surface area is 153 Å². The maximum Gasteiger partial charge on any atom is 0.262 e. The number of thioether (sulfide) groups is 1. The fourth-order valence-corrected chi connectivity index (χ4v) is 4.30. The molecule has 0 saturated heterocycles. The zero-order chi connectivity index (χ0) is 17.6. The molecule has 0 radical (unpaired) electrons. The van der Waals surface area contributed by atoms with Crippen molar-refractivity contribution in [2.75, 3.05) is 0 Å². The Morgan fingerprint density at radius 1 is 1.08 bits per heavy atom. The number of aryl methyl sites for hydroxylation is 1. The van der Waals surface area contributed by atoms with Crippen molar-refractivity contribution in [3.63, 3.8) is 0 Å². The van der Waals surface area contributed by atoms with Gasteiger partial charge in [0, 0.05) is 17.3 Å². The van der Waals surface area contributed by atoms with Crippen LogP contribution in [0.25, 0.3) is 16.7 Å². The second-order valence-electron chi connectivity index (χ2n) is 5.78. The van der Waals surface area contributed by atoms with Crippen LogP contribution in [0.5, 0.6) is 0 Å². The molecule has 0 aliphatic heterocycles. The molecule has 126 valence electrons. The summed E-state index contributed by atoms with van der Waals surface area (Å²) in [5, 5.41) is 10.7. The van der Waals surface area contributed by atoms with Crippen molar-refractivity contribution in [1.29, 1.82) is 0 Å². The van der Waals surface area contributed by atoms with Gasteiger partial charge in [-0.05, 0) is 30.7 Å². The summed E-state index contributed by atoms with van der Waals surface area (Å²) in [5.74, 6) is 0.526. The van der Waals surface area contributed by atoms with Gasteiger partial charge in [-0.15, -0.1) is 10.2 Å². The fraction of sp³-hybridized carbons (Fsp3) is 0.167. The normalized spacial score (nSPS) is 12.8. The Bertz CT molecular complexity index is 1150. The zero-order valence-corrected chi connectivity index (χ0v) is 15.3. The molecule has 0 amide bonds. The molecule has 2 aromatic carbocycles. The van der Waals surface area contributed by atoms with Crippen LogP contribution in [0.3, 0.4) is 0 Å². The van der Waals surface area contributed by atoms with Crippen molar-refractivity contribution < 1.29 is 0 Å². The van der Waals surface area contributed by atoms with Gasteiger partial charge in [0.25, 0.3) is 5.56 Å². The van der Waals surface area contributed by atoms with Crippen LogP contribution >= 0.6 is 23.4 Å². The van der Waals surface area contributed by atoms with Gasteiger partial charge in [-0.25, -0.2) is 0 Å². The van der Waals surface area contributed by atoms with Crippen molar-refractivity contribution in [3.05, 3.63) is 69.5 Å². The van der Waals surface area contributed by atoms with Crippen molar-refractivity contribution in [2.24, 2.45) is 7.05 Å². The van der Waals surface area contributed by atoms with E-state index >= 15 is 0 Å². The number of fused-ring (bicyclic) bond motifs is 3. The molecule has 2 aromatic heterocycles. The third kappa shape index (κ3) is 2.62. The number of rotatable bonds is 3. The van der Waals surface area contributed by atoms with E-state index in [4.69, 9.17) is 11.6 Å². The van der Waals surface area contributed by atoms with Crippen LogP contribution in [-0.4, -0.2) is 19.2 Å². The van der Waals surface area contributed by atoms with Crippen molar-refractivity contribution in [3.8, 4) is 0 Å². The average Bonchev–Trinajstić information content (AvgIpc) is 3.04. The largest absolute Gasteiger partial charge is 0.279 e. The number of benzene rings is 2. The summed E-state index contributed by atoms with van der Waals surface area (Å²) in [6.45, 7) is 2.08. The second kappa shape index (κ2) is 6.20. The fourth-order valence-electron chi connectivity index (χ4n) is 2.91. The molecular formula is C18H15ClN4OS. The molecule has 0 spiro atoms. The van der Waals surface area contributed by atoms with Crippen LogP contribution in [0.15, 0.2) is 58.5 Å². The van der Waals surface area contributed by atoms with Gasteiger partial charge >= 0.3 is 0 Å². The van der Waals surface area contributed by atoms with Gasteiger partial charge in [0.15, 0.2) is 5.16 Å². The quantitative estimate of drug-likeness (QED) is 0.510. The lowest BCUT2D eigenvalue weighted by atomic mass is 10.2. The molecule has 0 fully saturated rings. The lowest BCUT2D eigenvalue weighted by Gasteiger charge is -2.13. The highest BCUT2D eigenvalue weighted by Crippen LogP contribution is 2.37. The Balaban J connectivity index is 1.89. The molecule has 4 rings (SSSR count). The average molecular weight is 371 g/mol. The minimum absolute atomic E-state index is 0.0776. The maximum absolute atomic E-state index is 12.5. The summed E-state index contributed by atoms with van der Waals surface area (Å²) in [6, 6.07) is 15.3. The molecule has 0 saturated carbocycles. The predicted octanol–water partition coefficient (Wildman–Crippen LogP) is 4.09. The number of para-hydroxylation sites is 1. The molecular weight excluding hydrogens is 356 g/mol. The van der Waals surface area contributed by atoms with Crippen LogP contribution in [0.1, 0.15) is 17.7 Å². The molecule has 25 heavy (non-hydrogen) atoms. The Hall–Kier alpha value is -2.31. The molecule has 0 N–H and O–H groups in total. The van der Waals surface area contributed by atoms with Crippen molar-refractivity contribution in [2.45, 2.75) is 17.3 Å². The first-order chi connectivity index (χ1) is 12.1. The first kappa shape index (κ1) is 16.2. The smallest absolute Gasteiger partial charge is 0.262 e. The van der Waals surface area contributed by atoms with E-state index in [-0.39, 0.29) is 10.8 Å². The summed E-state index contributed by atoms with van der Waals surface area (Å²) < 4.78 is 3.45. The van der Waals surface area contributed by atoms with E-state index in [2.05, 4.69) is 17.1 Å². The molecule has 0 aliphatic rings. The first-order valence-electron chi connectivity index (χ1n) is 7.82. The number of aromatic nitrogens is 4. The molecule has 4 aromatic rings. The van der Waals surface area contributed by atoms with E-state index < -0.39 is 0 Å². The topological polar surface area (TPSA) is 52.2 Å². The summed E-state index contributed by atoms with van der Waals surface area (Å²) in [6.07, 6.45) is 0. The van der Waals surface area contributed by atoms with Crippen molar-refractivity contribution in [1.82, 2.24) is 19.2 Å². The molecule has 1 atom stereocenters. The third-order valence-corrected chi connectivity index (χ3v) is 5.65. The van der Waals surface area contributed by atoms with E-state index in [9.17, 15) is 4.79 Å². The van der Waals surface area contributed by atoms with Crippen LogP contribution in [-0.2, 0) is 7.05 Å². The summed E-state index contributed by atoms with van der Waals surface area (Å²) in [4.78, 5) is 12.5. The van der Waals surface area contributed by atoms with Crippen LogP contribution in [0.4, 0.5) is 0 Å². The Kier molecular flexibility index (Phi) is 4.01. The summed E-state index contributed by atoms with van der Waals surface area (Å²) in [5.41, 5.74) is 1.77. The van der Waals surface area contributed by atoms with Gasteiger partial charge in [0.2, 0.25) is 5.78 Å². The van der Waals surface area contributed by atoms with Gasteiger partial charge in [0.05, 0.1) is 10.9 Å². The van der Waals surface area contributed by atoms with Crippen LogP contribution < -0.4 is 5.56 Å². The molecule has 0 aliphatic carbocycles. The van der Waals surface area contributed by atoms with Gasteiger partial charge in [-0.2, -0.15) is 0 Å². The van der Waals surface area contributed by atoms with Gasteiger partial charge in [-0.3, -0.25) is 13.8 Å². The molecule has 1 unspecified atom stereocenters. The monoisotopic (exact) mass is 370 g/mol. The molecule has 0 bridgehead atoms. The SMILES string of the molecule is CC(Sc1nnc2n(C)c(=O)c3ccccc3n12)c1ccccc1Cl. The lowest BCUT2D eigenvalue weighted by Crippen LogP contribution is -2.20. The number of nitrogens with zero attached hydrogens (tertiary/aromatic N) is 4. The Morgan fingerprint density at radius 2 is 1.80 bits per heavy atom. The predicted molar refractivity (Wildman–Crippen MR) is 101 cm³/mol. The van der Waals surface area contributed by atoms with Gasteiger partial charge in [0.1, 0.15) is 0 Å². The van der Waals surface area contributed by atoms with E-state index in [0.717, 1.165) is 21.3 Å². The summed E-state index contributed by atoms with van der Waals surface area (Å²) >= 11 is 7.88. The van der Waals surface area contributed by atoms with E-state index in [1.54, 1.807) is 18.8 Å². The molecule has 5 nitrogen and oxygen atoms in total. The molecule has 2 heterocycles.